The van der Waals surface area contributed by atoms with Crippen LogP contribution in [0.5, 0.6) is 0 Å². The van der Waals surface area contributed by atoms with Gasteiger partial charge in [0.15, 0.2) is 0 Å². The smallest absolute Gasteiger partial charge is 0.319 e. The lowest BCUT2D eigenvalue weighted by atomic mass is 10.0. The molecule has 0 saturated heterocycles. The summed E-state index contributed by atoms with van der Waals surface area (Å²) in [5.74, 6) is -1.25. The molecule has 0 radical (unpaired) electrons. The highest BCUT2D eigenvalue weighted by Gasteiger charge is 2.32. The molecule has 1 aromatic rings. The Balaban J connectivity index is 0.00000256. The summed E-state index contributed by atoms with van der Waals surface area (Å²) in [6.45, 7) is 0. The van der Waals surface area contributed by atoms with E-state index in [2.05, 4.69) is 0 Å². The van der Waals surface area contributed by atoms with Crippen LogP contribution < -0.4 is 5.73 Å². The van der Waals surface area contributed by atoms with Crippen molar-refractivity contribution in [3.63, 3.8) is 0 Å². The molecule has 0 aliphatic carbocycles. The van der Waals surface area contributed by atoms with E-state index in [9.17, 15) is 26.3 Å². The van der Waals surface area contributed by atoms with Gasteiger partial charge in [-0.05, 0) is 23.8 Å². The van der Waals surface area contributed by atoms with Gasteiger partial charge in [-0.1, -0.05) is 0 Å². The Hall–Kier alpha value is -0.950. The normalized spacial score (nSPS) is 13.4. The van der Waals surface area contributed by atoms with E-state index in [0.717, 1.165) is 0 Å². The molecule has 0 aliphatic heterocycles. The molecule has 0 spiro atoms. The van der Waals surface area contributed by atoms with Crippen LogP contribution in [0.1, 0.15) is 17.2 Å². The zero-order valence-corrected chi connectivity index (χ0v) is 8.96. The van der Waals surface area contributed by atoms with Gasteiger partial charge in [-0.3, -0.25) is 0 Å². The van der Waals surface area contributed by atoms with Crippen LogP contribution in [0.3, 0.4) is 0 Å². The summed E-state index contributed by atoms with van der Waals surface area (Å²) in [5.41, 5.74) is 3.02. The quantitative estimate of drug-likeness (QED) is 0.824. The summed E-state index contributed by atoms with van der Waals surface area (Å²) in [7, 11) is 0. The number of rotatable bonds is 2. The SMILES string of the molecule is Cl.N[C@H](c1cc(F)cc(C(F)(F)F)c1)C(F)F. The molecule has 1 aromatic carbocycles. The van der Waals surface area contributed by atoms with Crippen LogP contribution in [0.4, 0.5) is 26.3 Å². The molecule has 0 amide bonds. The van der Waals surface area contributed by atoms with Gasteiger partial charge in [0.2, 0.25) is 0 Å². The number of hydrogen-bond donors (Lipinski definition) is 1. The van der Waals surface area contributed by atoms with Crippen LogP contribution in [0.2, 0.25) is 0 Å². The third kappa shape index (κ3) is 4.08. The van der Waals surface area contributed by atoms with E-state index in [4.69, 9.17) is 5.73 Å². The average molecular weight is 280 g/mol. The molecule has 0 aliphatic rings. The van der Waals surface area contributed by atoms with E-state index in [1.807, 2.05) is 0 Å². The largest absolute Gasteiger partial charge is 0.416 e. The Kier molecular flexibility index (Phi) is 5.28. The van der Waals surface area contributed by atoms with Crippen LogP contribution in [-0.4, -0.2) is 6.43 Å². The summed E-state index contributed by atoms with van der Waals surface area (Å²) in [4.78, 5) is 0. The highest BCUT2D eigenvalue weighted by molar-refractivity contribution is 5.85. The zero-order chi connectivity index (χ0) is 12.5. The minimum Gasteiger partial charge on any atom is -0.319 e. The fourth-order valence-corrected chi connectivity index (χ4v) is 1.11. The van der Waals surface area contributed by atoms with Gasteiger partial charge in [-0.15, -0.1) is 12.4 Å². The van der Waals surface area contributed by atoms with Crippen molar-refractivity contribution >= 4 is 12.4 Å². The lowest BCUT2D eigenvalue weighted by Crippen LogP contribution is -2.20. The van der Waals surface area contributed by atoms with Gasteiger partial charge < -0.3 is 5.73 Å². The van der Waals surface area contributed by atoms with E-state index in [-0.39, 0.29) is 18.5 Å². The highest BCUT2D eigenvalue weighted by Crippen LogP contribution is 2.32. The first-order valence-corrected chi connectivity index (χ1v) is 4.13. The average Bonchev–Trinajstić information content (AvgIpc) is 2.14. The number of halogens is 7. The molecule has 8 heteroatoms. The lowest BCUT2D eigenvalue weighted by Gasteiger charge is -2.14. The molecule has 98 valence electrons. The maximum absolute atomic E-state index is 12.8. The molecule has 0 heterocycles. The Labute approximate surface area is 99.0 Å². The molecule has 0 saturated carbocycles. The van der Waals surface area contributed by atoms with Crippen LogP contribution in [0.15, 0.2) is 18.2 Å². The molecule has 1 atom stereocenters. The van der Waals surface area contributed by atoms with Gasteiger partial charge in [0.25, 0.3) is 6.43 Å². The van der Waals surface area contributed by atoms with E-state index < -0.39 is 35.6 Å². The zero-order valence-electron chi connectivity index (χ0n) is 8.14. The standard InChI is InChI=1S/C9H7F6N.ClH/c10-6-2-4(7(16)8(11)12)1-5(3-6)9(13,14)15;/h1-3,7-8H,16H2;1H/t7-;/m1./s1. The minimum absolute atomic E-state index is 0. The minimum atomic E-state index is -4.79. The molecule has 1 rings (SSSR count). The van der Waals surface area contributed by atoms with Crippen molar-refractivity contribution in [2.24, 2.45) is 5.73 Å². The van der Waals surface area contributed by atoms with Gasteiger partial charge >= 0.3 is 6.18 Å². The molecule has 0 fully saturated rings. The first-order chi connectivity index (χ1) is 7.21. The van der Waals surface area contributed by atoms with E-state index in [1.54, 1.807) is 0 Å². The van der Waals surface area contributed by atoms with E-state index >= 15 is 0 Å². The maximum Gasteiger partial charge on any atom is 0.416 e. The van der Waals surface area contributed by atoms with Crippen LogP contribution in [-0.2, 0) is 6.18 Å². The lowest BCUT2D eigenvalue weighted by molar-refractivity contribution is -0.137. The monoisotopic (exact) mass is 279 g/mol. The fraction of sp³-hybridized carbons (Fsp3) is 0.333. The summed E-state index contributed by atoms with van der Waals surface area (Å²) < 4.78 is 73.7. The topological polar surface area (TPSA) is 26.0 Å². The van der Waals surface area contributed by atoms with Crippen LogP contribution in [0.25, 0.3) is 0 Å². The first kappa shape index (κ1) is 16.1. The number of benzene rings is 1. The van der Waals surface area contributed by atoms with E-state index in [1.165, 1.54) is 0 Å². The van der Waals surface area contributed by atoms with Crippen molar-refractivity contribution in [2.45, 2.75) is 18.6 Å². The molecule has 0 aromatic heterocycles. The molecule has 2 N–H and O–H groups in total. The van der Waals surface area contributed by atoms with Crippen LogP contribution in [0, 0.1) is 5.82 Å². The van der Waals surface area contributed by atoms with E-state index in [0.29, 0.717) is 12.1 Å². The molecule has 1 nitrogen and oxygen atoms in total. The summed E-state index contributed by atoms with van der Waals surface area (Å²) in [6, 6.07) is -0.731. The summed E-state index contributed by atoms with van der Waals surface area (Å²) in [5, 5.41) is 0. The third-order valence-corrected chi connectivity index (χ3v) is 1.90. The Morgan fingerprint density at radius 2 is 1.59 bits per heavy atom. The predicted octanol–water partition coefficient (Wildman–Crippen LogP) is 3.53. The number of hydrogen-bond acceptors (Lipinski definition) is 1. The van der Waals surface area contributed by atoms with Gasteiger partial charge in [0, 0.05) is 0 Å². The molecular formula is C9H8ClF6N. The van der Waals surface area contributed by atoms with Gasteiger partial charge in [-0.2, -0.15) is 13.2 Å². The van der Waals surface area contributed by atoms with Crippen LogP contribution >= 0.6 is 12.4 Å². The van der Waals surface area contributed by atoms with Crippen molar-refractivity contribution in [3.05, 3.63) is 35.1 Å². The van der Waals surface area contributed by atoms with Crippen molar-refractivity contribution in [2.75, 3.05) is 0 Å². The molecule has 17 heavy (non-hydrogen) atoms. The van der Waals surface area contributed by atoms with Crippen molar-refractivity contribution < 1.29 is 26.3 Å². The Bertz CT molecular complexity index is 378. The first-order valence-electron chi connectivity index (χ1n) is 4.13. The second-order valence-electron chi connectivity index (χ2n) is 3.13. The molecule has 0 bridgehead atoms. The number of alkyl halides is 5. The Morgan fingerprint density at radius 3 is 2.00 bits per heavy atom. The van der Waals surface area contributed by atoms with Crippen molar-refractivity contribution in [3.8, 4) is 0 Å². The molecular weight excluding hydrogens is 272 g/mol. The van der Waals surface area contributed by atoms with Gasteiger partial charge in [-0.25, -0.2) is 13.2 Å². The van der Waals surface area contributed by atoms with Gasteiger partial charge in [0.05, 0.1) is 11.6 Å². The van der Waals surface area contributed by atoms with Crippen molar-refractivity contribution in [1.82, 2.24) is 0 Å². The predicted molar refractivity (Wildman–Crippen MR) is 51.6 cm³/mol. The fourth-order valence-electron chi connectivity index (χ4n) is 1.11. The highest BCUT2D eigenvalue weighted by atomic mass is 35.5. The summed E-state index contributed by atoms with van der Waals surface area (Å²) in [6.07, 6.45) is -7.85. The molecule has 0 unspecified atom stereocenters. The maximum atomic E-state index is 12.8. The second-order valence-corrected chi connectivity index (χ2v) is 3.13. The Morgan fingerprint density at radius 1 is 1.06 bits per heavy atom. The second kappa shape index (κ2) is 5.59. The third-order valence-electron chi connectivity index (χ3n) is 1.90. The number of nitrogens with two attached hydrogens (primary N) is 1. The van der Waals surface area contributed by atoms with Crippen molar-refractivity contribution in [1.29, 1.82) is 0 Å². The van der Waals surface area contributed by atoms with Gasteiger partial charge in [0.1, 0.15) is 5.82 Å². The summed E-state index contributed by atoms with van der Waals surface area (Å²) >= 11 is 0.